The van der Waals surface area contributed by atoms with Crippen molar-refractivity contribution in [2.45, 2.75) is 47.5 Å². The molecule has 0 aliphatic heterocycles. The standard InChI is InChI=1S/C15H24O2/c1-6-17-15(16)14(5)11-10-13(4)9-7-8-12(2)3/h8,11,14H,6-7,9H2,1-5H3. The first-order chi connectivity index (χ1) is 7.97. The van der Waals surface area contributed by atoms with Gasteiger partial charge in [-0.15, -0.1) is 5.73 Å². The highest BCUT2D eigenvalue weighted by atomic mass is 16.5. The fourth-order valence-electron chi connectivity index (χ4n) is 1.26. The monoisotopic (exact) mass is 236 g/mol. The molecule has 0 aliphatic carbocycles. The van der Waals surface area contributed by atoms with E-state index in [2.05, 4.69) is 25.7 Å². The van der Waals surface area contributed by atoms with Crippen molar-refractivity contribution >= 4 is 5.97 Å². The van der Waals surface area contributed by atoms with Crippen LogP contribution in [-0.2, 0) is 9.53 Å². The van der Waals surface area contributed by atoms with Crippen LogP contribution < -0.4 is 0 Å². The van der Waals surface area contributed by atoms with Gasteiger partial charge < -0.3 is 4.74 Å². The summed E-state index contributed by atoms with van der Waals surface area (Å²) in [6, 6.07) is 0. The van der Waals surface area contributed by atoms with Crippen LogP contribution in [-0.4, -0.2) is 12.6 Å². The van der Waals surface area contributed by atoms with Gasteiger partial charge in [-0.1, -0.05) is 11.6 Å². The summed E-state index contributed by atoms with van der Waals surface area (Å²) in [5.74, 6) is -0.398. The molecule has 1 atom stereocenters. The van der Waals surface area contributed by atoms with Gasteiger partial charge in [-0.05, 0) is 59.1 Å². The Labute approximate surface area is 105 Å². The van der Waals surface area contributed by atoms with E-state index >= 15 is 0 Å². The number of esters is 1. The highest BCUT2D eigenvalue weighted by Gasteiger charge is 2.09. The van der Waals surface area contributed by atoms with Gasteiger partial charge in [-0.25, -0.2) is 0 Å². The Morgan fingerprint density at radius 3 is 2.53 bits per heavy atom. The highest BCUT2D eigenvalue weighted by Crippen LogP contribution is 2.07. The van der Waals surface area contributed by atoms with Crippen LogP contribution in [0.25, 0.3) is 0 Å². The third kappa shape index (κ3) is 8.53. The zero-order chi connectivity index (χ0) is 13.3. The van der Waals surface area contributed by atoms with Gasteiger partial charge in [-0.2, -0.15) is 0 Å². The van der Waals surface area contributed by atoms with Crippen LogP contribution in [0.4, 0.5) is 0 Å². The molecule has 96 valence electrons. The summed E-state index contributed by atoms with van der Waals surface area (Å²) in [4.78, 5) is 11.3. The van der Waals surface area contributed by atoms with Crippen molar-refractivity contribution < 1.29 is 9.53 Å². The molecule has 0 saturated heterocycles. The maximum atomic E-state index is 11.3. The number of hydrogen-bond donors (Lipinski definition) is 0. The fraction of sp³-hybridized carbons (Fsp3) is 0.600. The van der Waals surface area contributed by atoms with Crippen molar-refractivity contribution in [1.29, 1.82) is 0 Å². The molecule has 0 bridgehead atoms. The fourth-order valence-corrected chi connectivity index (χ4v) is 1.26. The summed E-state index contributed by atoms with van der Waals surface area (Å²) < 4.78 is 4.92. The van der Waals surface area contributed by atoms with E-state index < -0.39 is 0 Å². The van der Waals surface area contributed by atoms with Crippen molar-refractivity contribution in [3.8, 4) is 0 Å². The molecule has 0 radical (unpaired) electrons. The first kappa shape index (κ1) is 15.7. The lowest BCUT2D eigenvalue weighted by Gasteiger charge is -2.03. The molecule has 0 aliphatic rings. The molecular weight excluding hydrogens is 212 g/mol. The molecule has 0 aromatic rings. The molecule has 17 heavy (non-hydrogen) atoms. The largest absolute Gasteiger partial charge is 0.466 e. The van der Waals surface area contributed by atoms with Gasteiger partial charge in [0, 0.05) is 0 Å². The van der Waals surface area contributed by atoms with Crippen LogP contribution in [0.2, 0.25) is 0 Å². The van der Waals surface area contributed by atoms with Gasteiger partial charge in [0.15, 0.2) is 0 Å². The Morgan fingerprint density at radius 2 is 2.00 bits per heavy atom. The summed E-state index contributed by atoms with van der Waals surface area (Å²) in [5.41, 5.74) is 5.66. The second-order valence-corrected chi connectivity index (χ2v) is 4.45. The number of carbonyl (C=O) groups is 1. The second-order valence-electron chi connectivity index (χ2n) is 4.45. The zero-order valence-corrected chi connectivity index (χ0v) is 11.7. The van der Waals surface area contributed by atoms with Gasteiger partial charge >= 0.3 is 5.97 Å². The molecule has 2 heteroatoms. The van der Waals surface area contributed by atoms with E-state index in [0.717, 1.165) is 12.8 Å². The molecule has 0 N–H and O–H groups in total. The SMILES string of the molecule is CCOC(=O)C(C)C=C=C(C)CCC=C(C)C. The van der Waals surface area contributed by atoms with Crippen molar-refractivity contribution in [3.63, 3.8) is 0 Å². The minimum atomic E-state index is -0.214. The Bertz CT molecular complexity index is 327. The molecule has 2 nitrogen and oxygen atoms in total. The lowest BCUT2D eigenvalue weighted by molar-refractivity contribution is -0.145. The number of carbonyl (C=O) groups excluding carboxylic acids is 1. The van der Waals surface area contributed by atoms with E-state index in [-0.39, 0.29) is 11.9 Å². The molecular formula is C15H24O2. The second kappa shape index (κ2) is 8.83. The molecule has 0 amide bonds. The molecule has 0 spiro atoms. The van der Waals surface area contributed by atoms with Crippen LogP contribution in [0.15, 0.2) is 29.0 Å². The Kier molecular flexibility index (Phi) is 8.17. The summed E-state index contributed by atoms with van der Waals surface area (Å²) >= 11 is 0. The summed E-state index contributed by atoms with van der Waals surface area (Å²) in [6.07, 6.45) is 6.01. The van der Waals surface area contributed by atoms with Crippen molar-refractivity contribution in [2.75, 3.05) is 6.61 Å². The van der Waals surface area contributed by atoms with E-state index in [0.29, 0.717) is 6.61 Å². The quantitative estimate of drug-likeness (QED) is 0.395. The van der Waals surface area contributed by atoms with Crippen molar-refractivity contribution in [2.24, 2.45) is 5.92 Å². The summed E-state index contributed by atoms with van der Waals surface area (Å²) in [5, 5.41) is 0. The van der Waals surface area contributed by atoms with Crippen LogP contribution in [0, 0.1) is 5.92 Å². The zero-order valence-electron chi connectivity index (χ0n) is 11.7. The van der Waals surface area contributed by atoms with Gasteiger partial charge in [0.25, 0.3) is 0 Å². The van der Waals surface area contributed by atoms with E-state index in [1.54, 1.807) is 6.08 Å². The highest BCUT2D eigenvalue weighted by molar-refractivity contribution is 5.73. The van der Waals surface area contributed by atoms with E-state index in [1.807, 2.05) is 20.8 Å². The van der Waals surface area contributed by atoms with E-state index in [4.69, 9.17) is 4.74 Å². The normalized spacial score (nSPS) is 11.1. The molecule has 0 fully saturated rings. The van der Waals surface area contributed by atoms with Crippen LogP contribution in [0.3, 0.4) is 0 Å². The molecule has 0 rings (SSSR count). The predicted molar refractivity (Wildman–Crippen MR) is 71.7 cm³/mol. The number of rotatable bonds is 6. The third-order valence-corrected chi connectivity index (χ3v) is 2.31. The third-order valence-electron chi connectivity index (χ3n) is 2.31. The minimum Gasteiger partial charge on any atom is -0.466 e. The minimum absolute atomic E-state index is 0.183. The first-order valence-electron chi connectivity index (χ1n) is 6.19. The number of hydrogen-bond acceptors (Lipinski definition) is 2. The maximum absolute atomic E-state index is 11.3. The maximum Gasteiger partial charge on any atom is 0.313 e. The van der Waals surface area contributed by atoms with E-state index in [1.165, 1.54) is 11.1 Å². The smallest absolute Gasteiger partial charge is 0.313 e. The number of ether oxygens (including phenoxy) is 1. The van der Waals surface area contributed by atoms with Gasteiger partial charge in [0.1, 0.15) is 0 Å². The molecule has 0 saturated carbocycles. The topological polar surface area (TPSA) is 26.3 Å². The summed E-state index contributed by atoms with van der Waals surface area (Å²) in [7, 11) is 0. The van der Waals surface area contributed by atoms with Crippen LogP contribution in [0.5, 0.6) is 0 Å². The Hall–Kier alpha value is -1.27. The van der Waals surface area contributed by atoms with Gasteiger partial charge in [-0.3, -0.25) is 4.79 Å². The Balaban J connectivity index is 4.26. The molecule has 1 unspecified atom stereocenters. The van der Waals surface area contributed by atoms with Crippen LogP contribution in [0.1, 0.15) is 47.5 Å². The van der Waals surface area contributed by atoms with Crippen molar-refractivity contribution in [3.05, 3.63) is 29.0 Å². The predicted octanol–water partition coefficient (Wildman–Crippen LogP) is 4.03. The number of allylic oxidation sites excluding steroid dienone is 2. The van der Waals surface area contributed by atoms with E-state index in [9.17, 15) is 4.79 Å². The van der Waals surface area contributed by atoms with Crippen molar-refractivity contribution in [1.82, 2.24) is 0 Å². The lowest BCUT2D eigenvalue weighted by Crippen LogP contribution is -2.11. The van der Waals surface area contributed by atoms with Gasteiger partial charge in [0.05, 0.1) is 12.5 Å². The first-order valence-corrected chi connectivity index (χ1v) is 6.19. The van der Waals surface area contributed by atoms with Crippen LogP contribution >= 0.6 is 0 Å². The average Bonchev–Trinajstić information content (AvgIpc) is 2.25. The van der Waals surface area contributed by atoms with Gasteiger partial charge in [0.2, 0.25) is 0 Å². The lowest BCUT2D eigenvalue weighted by atomic mass is 10.1. The molecule has 0 aromatic carbocycles. The molecule has 0 aromatic heterocycles. The Morgan fingerprint density at radius 1 is 1.35 bits per heavy atom. The molecule has 0 heterocycles. The average molecular weight is 236 g/mol. The summed E-state index contributed by atoms with van der Waals surface area (Å²) in [6.45, 7) is 10.3.